The molecule has 1 fully saturated rings. The van der Waals surface area contributed by atoms with Crippen LogP contribution >= 0.6 is 0 Å². The van der Waals surface area contributed by atoms with E-state index in [-0.39, 0.29) is 5.91 Å². The summed E-state index contributed by atoms with van der Waals surface area (Å²) in [5, 5.41) is 0. The van der Waals surface area contributed by atoms with E-state index in [0.717, 1.165) is 43.9 Å². The van der Waals surface area contributed by atoms with E-state index in [1.165, 1.54) is 7.11 Å². The van der Waals surface area contributed by atoms with Gasteiger partial charge in [-0.3, -0.25) is 4.79 Å². The Morgan fingerprint density at radius 1 is 1.00 bits per heavy atom. The van der Waals surface area contributed by atoms with Crippen LogP contribution in [0, 0.1) is 5.92 Å². The van der Waals surface area contributed by atoms with Gasteiger partial charge in [0.25, 0.3) is 5.91 Å². The van der Waals surface area contributed by atoms with Crippen LogP contribution in [0.5, 0.6) is 0 Å². The Bertz CT molecular complexity index is 1000. The van der Waals surface area contributed by atoms with E-state index in [4.69, 9.17) is 4.74 Å². The average molecular weight is 403 g/mol. The Morgan fingerprint density at radius 3 is 2.33 bits per heavy atom. The van der Waals surface area contributed by atoms with Gasteiger partial charge >= 0.3 is 5.97 Å². The van der Waals surface area contributed by atoms with Crippen molar-refractivity contribution < 1.29 is 14.3 Å². The van der Waals surface area contributed by atoms with Crippen molar-refractivity contribution in [3.05, 3.63) is 78.1 Å². The number of piperidine rings is 1. The van der Waals surface area contributed by atoms with E-state index < -0.39 is 5.97 Å². The minimum absolute atomic E-state index is 0.0115. The molecule has 0 atom stereocenters. The maximum Gasteiger partial charge on any atom is 0.337 e. The summed E-state index contributed by atoms with van der Waals surface area (Å²) in [4.78, 5) is 30.8. The summed E-state index contributed by atoms with van der Waals surface area (Å²) in [5.74, 6) is 1.11. The summed E-state index contributed by atoms with van der Waals surface area (Å²) >= 11 is 0. The lowest BCUT2D eigenvalue weighted by molar-refractivity contribution is 0.0599. The summed E-state index contributed by atoms with van der Waals surface area (Å²) in [6.45, 7) is 2.37. The van der Waals surface area contributed by atoms with Crippen LogP contribution in [0.25, 0.3) is 11.4 Å². The molecule has 0 saturated carbocycles. The Balaban J connectivity index is 1.35. The van der Waals surface area contributed by atoms with Gasteiger partial charge in [0.1, 0.15) is 5.82 Å². The molecule has 1 saturated heterocycles. The molecule has 154 valence electrons. The zero-order valence-electron chi connectivity index (χ0n) is 17.0. The molecule has 0 spiro atoms. The Hall–Kier alpha value is -3.41. The number of ether oxygens (including phenoxy) is 1. The first kappa shape index (κ1) is 19.9. The van der Waals surface area contributed by atoms with Crippen LogP contribution in [0.3, 0.4) is 0 Å². The van der Waals surface area contributed by atoms with Crippen LogP contribution in [-0.4, -0.2) is 46.5 Å². The van der Waals surface area contributed by atoms with E-state index >= 15 is 0 Å². The smallest absolute Gasteiger partial charge is 0.337 e. The number of amides is 1. The first-order chi connectivity index (χ1) is 14.7. The monoisotopic (exact) mass is 403 g/mol. The zero-order chi connectivity index (χ0) is 20.9. The molecule has 3 aromatic rings. The molecule has 1 aliphatic heterocycles. The molecule has 2 aromatic carbocycles. The lowest BCUT2D eigenvalue weighted by Gasteiger charge is -2.32. The first-order valence-corrected chi connectivity index (χ1v) is 10.2. The summed E-state index contributed by atoms with van der Waals surface area (Å²) < 4.78 is 6.91. The molecule has 0 aliphatic carbocycles. The van der Waals surface area contributed by atoms with Crippen molar-refractivity contribution in [3.63, 3.8) is 0 Å². The zero-order valence-corrected chi connectivity index (χ0v) is 17.0. The van der Waals surface area contributed by atoms with Crippen molar-refractivity contribution in [1.82, 2.24) is 14.5 Å². The maximum atomic E-state index is 12.8. The van der Waals surface area contributed by atoms with Gasteiger partial charge in [-0.1, -0.05) is 30.3 Å². The molecule has 6 heteroatoms. The van der Waals surface area contributed by atoms with Gasteiger partial charge in [-0.15, -0.1) is 0 Å². The van der Waals surface area contributed by atoms with E-state index in [0.29, 0.717) is 17.0 Å². The molecular formula is C24H25N3O3. The van der Waals surface area contributed by atoms with Crippen molar-refractivity contribution in [2.24, 2.45) is 5.92 Å². The Labute approximate surface area is 176 Å². The number of imidazole rings is 1. The van der Waals surface area contributed by atoms with Crippen LogP contribution in [0.2, 0.25) is 0 Å². The van der Waals surface area contributed by atoms with Crippen molar-refractivity contribution in [3.8, 4) is 11.4 Å². The molecule has 6 nitrogen and oxygen atoms in total. The highest BCUT2D eigenvalue weighted by Gasteiger charge is 2.24. The lowest BCUT2D eigenvalue weighted by Crippen LogP contribution is -2.39. The molecule has 1 aromatic heterocycles. The molecule has 1 amide bonds. The highest BCUT2D eigenvalue weighted by Crippen LogP contribution is 2.24. The molecule has 0 radical (unpaired) electrons. The summed E-state index contributed by atoms with van der Waals surface area (Å²) in [5.41, 5.74) is 2.16. The topological polar surface area (TPSA) is 64.4 Å². The van der Waals surface area contributed by atoms with Crippen molar-refractivity contribution in [2.75, 3.05) is 20.2 Å². The largest absolute Gasteiger partial charge is 0.465 e. The van der Waals surface area contributed by atoms with E-state index in [1.54, 1.807) is 24.3 Å². The fourth-order valence-electron chi connectivity index (χ4n) is 3.95. The highest BCUT2D eigenvalue weighted by atomic mass is 16.5. The van der Waals surface area contributed by atoms with Gasteiger partial charge in [0.15, 0.2) is 0 Å². The number of nitrogens with zero attached hydrogens (tertiary/aromatic N) is 3. The second-order valence-corrected chi connectivity index (χ2v) is 7.57. The summed E-state index contributed by atoms with van der Waals surface area (Å²) in [6.07, 6.45) is 5.79. The maximum absolute atomic E-state index is 12.8. The third-order valence-electron chi connectivity index (χ3n) is 5.66. The van der Waals surface area contributed by atoms with Crippen LogP contribution in [0.1, 0.15) is 33.6 Å². The lowest BCUT2D eigenvalue weighted by atomic mass is 9.96. The summed E-state index contributed by atoms with van der Waals surface area (Å²) in [7, 11) is 1.35. The number of aromatic nitrogens is 2. The molecule has 1 aliphatic rings. The predicted octanol–water partition coefficient (Wildman–Crippen LogP) is 3.89. The second-order valence-electron chi connectivity index (χ2n) is 7.57. The fourth-order valence-corrected chi connectivity index (χ4v) is 3.95. The van der Waals surface area contributed by atoms with Gasteiger partial charge in [0.05, 0.1) is 12.7 Å². The van der Waals surface area contributed by atoms with Gasteiger partial charge in [-0.25, -0.2) is 9.78 Å². The molecule has 4 rings (SSSR count). The van der Waals surface area contributed by atoms with Gasteiger partial charge < -0.3 is 14.2 Å². The number of esters is 1. The molecule has 0 N–H and O–H groups in total. The minimum Gasteiger partial charge on any atom is -0.465 e. The van der Waals surface area contributed by atoms with Gasteiger partial charge in [0.2, 0.25) is 0 Å². The third-order valence-corrected chi connectivity index (χ3v) is 5.66. The van der Waals surface area contributed by atoms with Crippen LogP contribution < -0.4 is 0 Å². The van der Waals surface area contributed by atoms with Crippen LogP contribution in [-0.2, 0) is 11.3 Å². The minimum atomic E-state index is -0.399. The normalized spacial score (nSPS) is 14.5. The standard InChI is InChI=1S/C24H25N3O3/c1-30-24(29)21-9-7-20(8-10-21)23(28)26-14-11-18(12-15-26)17-27-16-13-25-22(27)19-5-3-2-4-6-19/h2-10,13,16,18H,11-12,14-15,17H2,1H3. The molecular weight excluding hydrogens is 378 g/mol. The number of carbonyl (C=O) groups excluding carboxylic acids is 2. The predicted molar refractivity (Wildman–Crippen MR) is 114 cm³/mol. The Morgan fingerprint density at radius 2 is 1.67 bits per heavy atom. The number of hydrogen-bond acceptors (Lipinski definition) is 4. The van der Waals surface area contributed by atoms with Gasteiger partial charge in [0, 0.05) is 43.2 Å². The molecule has 0 unspecified atom stereocenters. The van der Waals surface area contributed by atoms with Crippen molar-refractivity contribution in [1.29, 1.82) is 0 Å². The van der Waals surface area contributed by atoms with Crippen molar-refractivity contribution >= 4 is 11.9 Å². The van der Waals surface area contributed by atoms with Gasteiger partial charge in [-0.2, -0.15) is 0 Å². The SMILES string of the molecule is COC(=O)c1ccc(C(=O)N2CCC(Cn3ccnc3-c3ccccc3)CC2)cc1. The quantitative estimate of drug-likeness (QED) is 0.607. The van der Waals surface area contributed by atoms with E-state index in [2.05, 4.69) is 21.7 Å². The number of benzene rings is 2. The van der Waals surface area contributed by atoms with Gasteiger partial charge in [-0.05, 0) is 43.0 Å². The molecule has 0 bridgehead atoms. The number of rotatable bonds is 5. The van der Waals surface area contributed by atoms with E-state index in [9.17, 15) is 9.59 Å². The Kier molecular flexibility index (Phi) is 5.93. The van der Waals surface area contributed by atoms with Crippen LogP contribution in [0.15, 0.2) is 67.0 Å². The average Bonchev–Trinajstić information content (AvgIpc) is 3.27. The molecule has 30 heavy (non-hydrogen) atoms. The van der Waals surface area contributed by atoms with Crippen LogP contribution in [0.4, 0.5) is 0 Å². The number of carbonyl (C=O) groups is 2. The number of hydrogen-bond donors (Lipinski definition) is 0. The number of likely N-dealkylation sites (tertiary alicyclic amines) is 1. The second kappa shape index (κ2) is 8.95. The summed E-state index contributed by atoms with van der Waals surface area (Å²) in [6, 6.07) is 16.9. The molecule has 2 heterocycles. The third kappa shape index (κ3) is 4.27. The first-order valence-electron chi connectivity index (χ1n) is 10.2. The van der Waals surface area contributed by atoms with E-state index in [1.807, 2.05) is 35.5 Å². The fraction of sp³-hybridized carbons (Fsp3) is 0.292. The van der Waals surface area contributed by atoms with Crippen molar-refractivity contribution in [2.45, 2.75) is 19.4 Å². The number of methoxy groups -OCH3 is 1. The highest BCUT2D eigenvalue weighted by molar-refractivity contribution is 5.96.